The normalized spacial score (nSPS) is 10.0. The van der Waals surface area contributed by atoms with E-state index >= 15 is 0 Å². The van der Waals surface area contributed by atoms with Crippen LogP contribution in [0.3, 0.4) is 0 Å². The zero-order chi connectivity index (χ0) is 6.69. The molecule has 0 aliphatic heterocycles. The van der Waals surface area contributed by atoms with E-state index in [1.807, 2.05) is 6.92 Å². The Morgan fingerprint density at radius 2 is 2.56 bits per heavy atom. The highest BCUT2D eigenvalue weighted by molar-refractivity contribution is 7.09. The van der Waals surface area contributed by atoms with E-state index in [-0.39, 0.29) is 6.61 Å². The largest absolute Gasteiger partial charge is 0.250 e. The topological polar surface area (TPSA) is 32.8 Å². The summed E-state index contributed by atoms with van der Waals surface area (Å²) in [6.45, 7) is 1.91. The Balaban J connectivity index is 2.69. The van der Waals surface area contributed by atoms with Crippen molar-refractivity contribution >= 4 is 11.3 Å². The van der Waals surface area contributed by atoms with E-state index in [0.29, 0.717) is 6.42 Å². The van der Waals surface area contributed by atoms with Crippen molar-refractivity contribution in [3.8, 4) is 0 Å². The molecule has 0 bridgehead atoms. The van der Waals surface area contributed by atoms with Gasteiger partial charge in [0.25, 0.3) is 0 Å². The van der Waals surface area contributed by atoms with Crippen LogP contribution in [0.25, 0.3) is 0 Å². The van der Waals surface area contributed by atoms with Gasteiger partial charge >= 0.3 is 0 Å². The van der Waals surface area contributed by atoms with Crippen LogP contribution in [-0.4, -0.2) is 11.6 Å². The molecule has 1 rings (SSSR count). The van der Waals surface area contributed by atoms with Gasteiger partial charge in [0.05, 0.1) is 17.8 Å². The molecule has 1 radical (unpaired) electrons. The molecule has 2 nitrogen and oxygen atoms in total. The summed E-state index contributed by atoms with van der Waals surface area (Å²) in [6, 6.07) is 0. The van der Waals surface area contributed by atoms with Crippen LogP contribution in [0.2, 0.25) is 0 Å². The summed E-state index contributed by atoms with van der Waals surface area (Å²) in [4.78, 5) is 5.14. The lowest BCUT2D eigenvalue weighted by Gasteiger charge is -1.88. The van der Waals surface area contributed by atoms with Gasteiger partial charge in [-0.15, -0.1) is 11.3 Å². The smallest absolute Gasteiger partial charge is 0.0871 e. The molecule has 0 saturated heterocycles. The maximum Gasteiger partial charge on any atom is 0.0871 e. The molecule has 49 valence electrons. The second kappa shape index (κ2) is 2.94. The molecule has 3 heteroatoms. The van der Waals surface area contributed by atoms with Crippen molar-refractivity contribution in [1.29, 1.82) is 0 Å². The number of rotatable bonds is 2. The maximum absolute atomic E-state index is 10.1. The number of nitrogens with zero attached hydrogens (tertiary/aromatic N) is 1. The summed E-state index contributed by atoms with van der Waals surface area (Å²) in [5, 5.41) is 10.1. The van der Waals surface area contributed by atoms with E-state index in [1.54, 1.807) is 16.8 Å². The Hall–Kier alpha value is -0.410. The minimum absolute atomic E-state index is 0.0248. The lowest BCUT2D eigenvalue weighted by Crippen LogP contribution is -1.87. The van der Waals surface area contributed by atoms with Crippen LogP contribution in [0.5, 0.6) is 0 Å². The van der Waals surface area contributed by atoms with Crippen molar-refractivity contribution in [1.82, 2.24) is 4.98 Å². The summed E-state index contributed by atoms with van der Waals surface area (Å²) in [6.07, 6.45) is 0.635. The second-order valence-electron chi connectivity index (χ2n) is 1.82. The molecule has 0 amide bonds. The summed E-state index contributed by atoms with van der Waals surface area (Å²) < 4.78 is 0. The first kappa shape index (κ1) is 6.71. The fourth-order valence-electron chi connectivity index (χ4n) is 0.659. The molecular weight excluding hydrogens is 134 g/mol. The molecule has 0 atom stereocenters. The van der Waals surface area contributed by atoms with Crippen molar-refractivity contribution in [2.24, 2.45) is 0 Å². The fourth-order valence-corrected chi connectivity index (χ4v) is 1.42. The second-order valence-corrected chi connectivity index (χ2v) is 2.75. The molecule has 0 saturated carbocycles. The number of aryl methyl sites for hydroxylation is 1. The third kappa shape index (κ3) is 1.50. The molecule has 0 unspecified atom stereocenters. The van der Waals surface area contributed by atoms with E-state index in [1.165, 1.54) is 0 Å². The minimum atomic E-state index is -0.0248. The zero-order valence-electron chi connectivity index (χ0n) is 5.26. The van der Waals surface area contributed by atoms with Gasteiger partial charge in [0.1, 0.15) is 0 Å². The van der Waals surface area contributed by atoms with Gasteiger partial charge in [-0.05, 0) is 6.92 Å². The Morgan fingerprint density at radius 1 is 1.78 bits per heavy atom. The number of aromatic nitrogens is 1. The molecule has 0 aliphatic rings. The van der Waals surface area contributed by atoms with E-state index in [9.17, 15) is 5.11 Å². The van der Waals surface area contributed by atoms with E-state index in [0.717, 1.165) is 10.6 Å². The SMILES string of the molecule is Cc1ncsc1CC[O]. The molecule has 1 heterocycles. The highest BCUT2D eigenvalue weighted by Crippen LogP contribution is 2.11. The van der Waals surface area contributed by atoms with Gasteiger partial charge in [0.15, 0.2) is 0 Å². The van der Waals surface area contributed by atoms with Crippen LogP contribution in [0.4, 0.5) is 0 Å². The van der Waals surface area contributed by atoms with Crippen LogP contribution in [0.1, 0.15) is 10.6 Å². The van der Waals surface area contributed by atoms with Gasteiger partial charge in [-0.25, -0.2) is 10.1 Å². The quantitative estimate of drug-likeness (QED) is 0.614. The maximum atomic E-state index is 10.1. The highest BCUT2D eigenvalue weighted by atomic mass is 32.1. The first-order valence-corrected chi connectivity index (χ1v) is 3.69. The molecular formula is C6H8NOS. The minimum Gasteiger partial charge on any atom is -0.250 e. The van der Waals surface area contributed by atoms with Crippen LogP contribution < -0.4 is 0 Å². The summed E-state index contributed by atoms with van der Waals surface area (Å²) in [5.74, 6) is 0. The number of thiazole rings is 1. The standard InChI is InChI=1S/C6H8NOS/c1-5-6(2-3-8)9-4-7-5/h4H,2-3H2,1H3. The van der Waals surface area contributed by atoms with E-state index < -0.39 is 0 Å². The Labute approximate surface area is 58.2 Å². The fraction of sp³-hybridized carbons (Fsp3) is 0.500. The molecule has 1 aromatic rings. The lowest BCUT2D eigenvalue weighted by atomic mass is 10.3. The number of hydrogen-bond acceptors (Lipinski definition) is 2. The third-order valence-electron chi connectivity index (χ3n) is 1.17. The lowest BCUT2D eigenvalue weighted by molar-refractivity contribution is 0.197. The first-order valence-electron chi connectivity index (χ1n) is 2.81. The van der Waals surface area contributed by atoms with Gasteiger partial charge < -0.3 is 0 Å². The van der Waals surface area contributed by atoms with Crippen LogP contribution >= 0.6 is 11.3 Å². The van der Waals surface area contributed by atoms with Gasteiger partial charge in [-0.1, -0.05) is 0 Å². The highest BCUT2D eigenvalue weighted by Gasteiger charge is 1.98. The van der Waals surface area contributed by atoms with E-state index in [4.69, 9.17) is 0 Å². The molecule has 1 aromatic heterocycles. The van der Waals surface area contributed by atoms with E-state index in [2.05, 4.69) is 4.98 Å². The summed E-state index contributed by atoms with van der Waals surface area (Å²) in [7, 11) is 0. The first-order chi connectivity index (χ1) is 4.34. The van der Waals surface area contributed by atoms with Crippen LogP contribution in [0.15, 0.2) is 5.51 Å². The molecule has 0 aliphatic carbocycles. The Morgan fingerprint density at radius 3 is 3.00 bits per heavy atom. The Kier molecular flexibility index (Phi) is 2.19. The van der Waals surface area contributed by atoms with Crippen molar-refractivity contribution in [3.63, 3.8) is 0 Å². The van der Waals surface area contributed by atoms with Crippen molar-refractivity contribution in [3.05, 3.63) is 16.1 Å². The predicted molar refractivity (Wildman–Crippen MR) is 36.1 cm³/mol. The number of hydrogen-bond donors (Lipinski definition) is 0. The van der Waals surface area contributed by atoms with Crippen molar-refractivity contribution in [2.45, 2.75) is 13.3 Å². The third-order valence-corrected chi connectivity index (χ3v) is 2.17. The predicted octanol–water partition coefficient (Wildman–Crippen LogP) is 1.42. The van der Waals surface area contributed by atoms with Crippen molar-refractivity contribution in [2.75, 3.05) is 6.61 Å². The van der Waals surface area contributed by atoms with Gasteiger partial charge in [-0.2, -0.15) is 0 Å². The average Bonchev–Trinajstić information content (AvgIpc) is 2.18. The average molecular weight is 142 g/mol. The van der Waals surface area contributed by atoms with Crippen LogP contribution in [-0.2, 0) is 11.5 Å². The molecule has 0 spiro atoms. The Bertz CT molecular complexity index is 185. The summed E-state index contributed by atoms with van der Waals surface area (Å²) >= 11 is 1.56. The van der Waals surface area contributed by atoms with Gasteiger partial charge in [-0.3, -0.25) is 0 Å². The van der Waals surface area contributed by atoms with Crippen LogP contribution in [0, 0.1) is 6.92 Å². The van der Waals surface area contributed by atoms with Crippen molar-refractivity contribution < 1.29 is 5.11 Å². The zero-order valence-corrected chi connectivity index (χ0v) is 6.07. The van der Waals surface area contributed by atoms with Gasteiger partial charge in [0, 0.05) is 11.3 Å². The van der Waals surface area contributed by atoms with Gasteiger partial charge in [0.2, 0.25) is 0 Å². The molecule has 0 aromatic carbocycles. The monoisotopic (exact) mass is 142 g/mol. The molecule has 9 heavy (non-hydrogen) atoms. The molecule has 0 N–H and O–H groups in total. The molecule has 0 fully saturated rings. The summed E-state index contributed by atoms with van der Waals surface area (Å²) in [5.41, 5.74) is 2.79.